The Labute approximate surface area is 85.8 Å². The van der Waals surface area contributed by atoms with Gasteiger partial charge in [0.05, 0.1) is 6.61 Å². The van der Waals surface area contributed by atoms with E-state index in [-0.39, 0.29) is 6.61 Å². The van der Waals surface area contributed by atoms with Crippen molar-refractivity contribution in [2.75, 3.05) is 13.2 Å². The van der Waals surface area contributed by atoms with Crippen molar-refractivity contribution in [1.29, 1.82) is 0 Å². The zero-order chi connectivity index (χ0) is 11.3. The summed E-state index contributed by atoms with van der Waals surface area (Å²) in [6, 6.07) is 0. The molecule has 15 heavy (non-hydrogen) atoms. The highest BCUT2D eigenvalue weighted by Gasteiger charge is 2.30. The highest BCUT2D eigenvalue weighted by atomic mass is 16.6. The van der Waals surface area contributed by atoms with Crippen LogP contribution < -0.4 is 0 Å². The molecule has 0 N–H and O–H groups in total. The first kappa shape index (κ1) is 11.2. The lowest BCUT2D eigenvalue weighted by molar-refractivity contribution is -0.165. The third-order valence-electron chi connectivity index (χ3n) is 1.66. The predicted octanol–water partition coefficient (Wildman–Crippen LogP) is -0.426. The minimum atomic E-state index is -0.875. The summed E-state index contributed by atoms with van der Waals surface area (Å²) >= 11 is 0. The Bertz CT molecular complexity index is 295. The fourth-order valence-corrected chi connectivity index (χ4v) is 0.966. The standard InChI is InChI=1S/C9H10O6/c1-2-7(10)14-5-8(11)15-6-3-4-13-9(6)12/h2,6H,1,3-5H2/t6-/m0/s1. The molecule has 1 rings (SSSR count). The summed E-state index contributed by atoms with van der Waals surface area (Å²) in [6.45, 7) is 2.86. The van der Waals surface area contributed by atoms with E-state index in [4.69, 9.17) is 4.74 Å². The second-order valence-corrected chi connectivity index (χ2v) is 2.75. The Morgan fingerprint density at radius 3 is 2.87 bits per heavy atom. The van der Waals surface area contributed by atoms with Gasteiger partial charge in [0, 0.05) is 12.5 Å². The smallest absolute Gasteiger partial charge is 0.347 e. The van der Waals surface area contributed by atoms with E-state index in [0.717, 1.165) is 6.08 Å². The van der Waals surface area contributed by atoms with Crippen LogP contribution in [0.2, 0.25) is 0 Å². The van der Waals surface area contributed by atoms with Gasteiger partial charge in [0.2, 0.25) is 6.10 Å². The molecule has 1 heterocycles. The van der Waals surface area contributed by atoms with E-state index in [2.05, 4.69) is 16.1 Å². The van der Waals surface area contributed by atoms with Gasteiger partial charge < -0.3 is 14.2 Å². The Morgan fingerprint density at radius 2 is 2.33 bits per heavy atom. The molecule has 0 aromatic rings. The van der Waals surface area contributed by atoms with Crippen molar-refractivity contribution in [2.45, 2.75) is 12.5 Å². The molecule has 0 aliphatic carbocycles. The van der Waals surface area contributed by atoms with Crippen LogP contribution in [-0.4, -0.2) is 37.2 Å². The Kier molecular flexibility index (Phi) is 3.84. The van der Waals surface area contributed by atoms with Crippen LogP contribution in [0.1, 0.15) is 6.42 Å². The Hall–Kier alpha value is -1.85. The Balaban J connectivity index is 2.26. The summed E-state index contributed by atoms with van der Waals surface area (Å²) in [5.41, 5.74) is 0. The number of rotatable bonds is 4. The second-order valence-electron chi connectivity index (χ2n) is 2.75. The van der Waals surface area contributed by atoms with Crippen LogP contribution in [0, 0.1) is 0 Å². The number of carbonyl (C=O) groups excluding carboxylic acids is 3. The number of cyclic esters (lactones) is 1. The molecule has 6 heteroatoms. The van der Waals surface area contributed by atoms with Gasteiger partial charge in [-0.1, -0.05) is 6.58 Å². The average Bonchev–Trinajstić information content (AvgIpc) is 2.61. The molecule has 0 amide bonds. The van der Waals surface area contributed by atoms with E-state index in [1.54, 1.807) is 0 Å². The molecule has 1 saturated heterocycles. The van der Waals surface area contributed by atoms with Crippen molar-refractivity contribution in [2.24, 2.45) is 0 Å². The lowest BCUT2D eigenvalue weighted by Gasteiger charge is -2.07. The quantitative estimate of drug-likeness (QED) is 0.359. The van der Waals surface area contributed by atoms with E-state index < -0.39 is 30.6 Å². The van der Waals surface area contributed by atoms with Crippen molar-refractivity contribution < 1.29 is 28.6 Å². The molecule has 0 bridgehead atoms. The van der Waals surface area contributed by atoms with Crippen LogP contribution in [0.4, 0.5) is 0 Å². The molecule has 0 aromatic carbocycles. The normalized spacial score (nSPS) is 19.2. The van der Waals surface area contributed by atoms with Crippen molar-refractivity contribution in [3.63, 3.8) is 0 Å². The van der Waals surface area contributed by atoms with Crippen molar-refractivity contribution >= 4 is 17.9 Å². The Morgan fingerprint density at radius 1 is 1.60 bits per heavy atom. The van der Waals surface area contributed by atoms with E-state index in [0.29, 0.717) is 6.42 Å². The number of esters is 3. The van der Waals surface area contributed by atoms with Gasteiger partial charge in [-0.15, -0.1) is 0 Å². The maximum absolute atomic E-state index is 11.0. The number of hydrogen-bond acceptors (Lipinski definition) is 6. The van der Waals surface area contributed by atoms with Gasteiger partial charge in [0.15, 0.2) is 6.61 Å². The van der Waals surface area contributed by atoms with Gasteiger partial charge in [-0.3, -0.25) is 0 Å². The first-order valence-corrected chi connectivity index (χ1v) is 4.29. The molecule has 0 saturated carbocycles. The summed E-state index contributed by atoms with van der Waals surface area (Å²) in [7, 11) is 0. The maximum Gasteiger partial charge on any atom is 0.347 e. The topological polar surface area (TPSA) is 78.9 Å². The first-order chi connectivity index (χ1) is 7.13. The van der Waals surface area contributed by atoms with Crippen molar-refractivity contribution in [3.8, 4) is 0 Å². The number of hydrogen-bond donors (Lipinski definition) is 0. The summed E-state index contributed by atoms with van der Waals surface area (Å²) in [4.78, 5) is 32.5. The van der Waals surface area contributed by atoms with Gasteiger partial charge in [0.1, 0.15) is 0 Å². The zero-order valence-electron chi connectivity index (χ0n) is 7.93. The number of carbonyl (C=O) groups is 3. The molecule has 0 radical (unpaired) electrons. The van der Waals surface area contributed by atoms with E-state index in [9.17, 15) is 14.4 Å². The zero-order valence-corrected chi connectivity index (χ0v) is 7.93. The molecule has 1 fully saturated rings. The van der Waals surface area contributed by atoms with Crippen LogP contribution in [0.3, 0.4) is 0 Å². The SMILES string of the molecule is C=CC(=O)OCC(=O)O[C@H]1CCOC1=O. The fourth-order valence-electron chi connectivity index (χ4n) is 0.966. The molecule has 0 spiro atoms. The van der Waals surface area contributed by atoms with Crippen molar-refractivity contribution in [3.05, 3.63) is 12.7 Å². The highest BCUT2D eigenvalue weighted by molar-refractivity contribution is 5.85. The molecular weight excluding hydrogens is 204 g/mol. The van der Waals surface area contributed by atoms with Crippen molar-refractivity contribution in [1.82, 2.24) is 0 Å². The lowest BCUT2D eigenvalue weighted by Crippen LogP contribution is -2.25. The predicted molar refractivity (Wildman–Crippen MR) is 46.6 cm³/mol. The molecule has 1 aliphatic rings. The minimum Gasteiger partial charge on any atom is -0.463 e. The maximum atomic E-state index is 11.0. The largest absolute Gasteiger partial charge is 0.463 e. The summed E-state index contributed by atoms with van der Waals surface area (Å²) in [5.74, 6) is -2.08. The second kappa shape index (κ2) is 5.14. The first-order valence-electron chi connectivity index (χ1n) is 4.29. The number of ether oxygens (including phenoxy) is 3. The van der Waals surface area contributed by atoms with Crippen LogP contribution in [0.15, 0.2) is 12.7 Å². The molecule has 0 aromatic heterocycles. The minimum absolute atomic E-state index is 0.239. The monoisotopic (exact) mass is 214 g/mol. The van der Waals surface area contributed by atoms with Gasteiger partial charge in [-0.2, -0.15) is 0 Å². The fraction of sp³-hybridized carbons (Fsp3) is 0.444. The molecular formula is C9H10O6. The third kappa shape index (κ3) is 3.41. The summed E-state index contributed by atoms with van der Waals surface area (Å²) in [5, 5.41) is 0. The molecule has 1 aliphatic heterocycles. The van der Waals surface area contributed by atoms with E-state index in [1.807, 2.05) is 0 Å². The summed E-state index contributed by atoms with van der Waals surface area (Å²) in [6.07, 6.45) is 0.386. The van der Waals surface area contributed by atoms with E-state index in [1.165, 1.54) is 0 Å². The van der Waals surface area contributed by atoms with Gasteiger partial charge in [-0.05, 0) is 0 Å². The lowest BCUT2D eigenvalue weighted by atomic mass is 10.3. The molecule has 0 unspecified atom stereocenters. The van der Waals surface area contributed by atoms with Crippen LogP contribution in [0.25, 0.3) is 0 Å². The van der Waals surface area contributed by atoms with E-state index >= 15 is 0 Å². The summed E-state index contributed by atoms with van der Waals surface area (Å²) < 4.78 is 13.7. The van der Waals surface area contributed by atoms with Gasteiger partial charge in [0.25, 0.3) is 0 Å². The van der Waals surface area contributed by atoms with Crippen LogP contribution in [0.5, 0.6) is 0 Å². The third-order valence-corrected chi connectivity index (χ3v) is 1.66. The highest BCUT2D eigenvalue weighted by Crippen LogP contribution is 2.10. The van der Waals surface area contributed by atoms with Gasteiger partial charge >= 0.3 is 17.9 Å². The molecule has 6 nitrogen and oxygen atoms in total. The molecule has 1 atom stereocenters. The average molecular weight is 214 g/mol. The van der Waals surface area contributed by atoms with Crippen LogP contribution in [-0.2, 0) is 28.6 Å². The van der Waals surface area contributed by atoms with Crippen LogP contribution >= 0.6 is 0 Å². The van der Waals surface area contributed by atoms with Gasteiger partial charge in [-0.25, -0.2) is 14.4 Å². The molecule has 82 valence electrons.